The van der Waals surface area contributed by atoms with Gasteiger partial charge >= 0.3 is 0 Å². The molecule has 0 saturated carbocycles. The van der Waals surface area contributed by atoms with Gasteiger partial charge in [0, 0.05) is 26.0 Å². The first kappa shape index (κ1) is 18.3. The van der Waals surface area contributed by atoms with E-state index in [9.17, 15) is 4.79 Å². The zero-order valence-corrected chi connectivity index (χ0v) is 14.7. The number of methoxy groups -OCH3 is 1. The van der Waals surface area contributed by atoms with E-state index in [2.05, 4.69) is 24.3 Å². The first-order valence-electron chi connectivity index (χ1n) is 8.55. The minimum Gasteiger partial charge on any atom is -0.454 e. The van der Waals surface area contributed by atoms with E-state index in [1.807, 2.05) is 12.3 Å². The quantitative estimate of drug-likeness (QED) is 0.725. The number of hydrogen-bond donors (Lipinski definition) is 1. The smallest absolute Gasteiger partial charge is 0.286 e. The van der Waals surface area contributed by atoms with E-state index < -0.39 is 0 Å². The van der Waals surface area contributed by atoms with Crippen LogP contribution in [0.2, 0.25) is 0 Å². The molecule has 2 aromatic heterocycles. The molecule has 0 aromatic carbocycles. The van der Waals surface area contributed by atoms with Crippen molar-refractivity contribution in [1.82, 2.24) is 15.1 Å². The molecule has 6 nitrogen and oxygen atoms in total. The van der Waals surface area contributed by atoms with Crippen LogP contribution in [0.5, 0.6) is 0 Å². The maximum absolute atomic E-state index is 12.2. The van der Waals surface area contributed by atoms with Gasteiger partial charge in [0.05, 0.1) is 12.6 Å². The van der Waals surface area contributed by atoms with Crippen LogP contribution in [-0.4, -0.2) is 35.4 Å². The summed E-state index contributed by atoms with van der Waals surface area (Å²) in [6.45, 7) is 5.43. The Labute approximate surface area is 143 Å². The van der Waals surface area contributed by atoms with Gasteiger partial charge in [-0.05, 0) is 30.5 Å². The molecule has 2 rings (SSSR count). The van der Waals surface area contributed by atoms with Crippen molar-refractivity contribution in [2.45, 2.75) is 45.8 Å². The molecule has 0 bridgehead atoms. The number of nitrogens with one attached hydrogen (secondary N) is 1. The van der Waals surface area contributed by atoms with Gasteiger partial charge in [-0.25, -0.2) is 0 Å². The minimum absolute atomic E-state index is 0.173. The van der Waals surface area contributed by atoms with Gasteiger partial charge < -0.3 is 14.5 Å². The van der Waals surface area contributed by atoms with Gasteiger partial charge in [0.25, 0.3) is 5.91 Å². The summed E-state index contributed by atoms with van der Waals surface area (Å²) >= 11 is 0. The van der Waals surface area contributed by atoms with Crippen molar-refractivity contribution in [2.24, 2.45) is 5.92 Å². The molecular formula is C18H27N3O3. The Morgan fingerprint density at radius 2 is 2.17 bits per heavy atom. The molecule has 1 atom stereocenters. The number of aromatic nitrogens is 2. The number of carbonyl (C=O) groups excluding carboxylic acids is 1. The summed E-state index contributed by atoms with van der Waals surface area (Å²) in [5.41, 5.74) is 0. The second-order valence-corrected chi connectivity index (χ2v) is 5.86. The highest BCUT2D eigenvalue weighted by Gasteiger charge is 2.18. The number of carbonyl (C=O) groups is 1. The molecule has 0 saturated heterocycles. The lowest BCUT2D eigenvalue weighted by Crippen LogP contribution is -2.30. The third kappa shape index (κ3) is 4.96. The fourth-order valence-corrected chi connectivity index (χ4v) is 2.91. The van der Waals surface area contributed by atoms with Crippen LogP contribution >= 0.6 is 0 Å². The third-order valence-corrected chi connectivity index (χ3v) is 4.35. The minimum atomic E-state index is -0.193. The summed E-state index contributed by atoms with van der Waals surface area (Å²) in [7, 11) is 1.74. The molecule has 1 N–H and O–H groups in total. The molecule has 2 aromatic rings. The molecule has 1 amide bonds. The summed E-state index contributed by atoms with van der Waals surface area (Å²) < 4.78 is 12.9. The van der Waals surface area contributed by atoms with E-state index in [0.29, 0.717) is 30.5 Å². The van der Waals surface area contributed by atoms with E-state index in [1.165, 1.54) is 0 Å². The molecule has 1 unspecified atom stereocenters. The lowest BCUT2D eigenvalue weighted by molar-refractivity contribution is 0.0419. The molecule has 0 fully saturated rings. The Kier molecular flexibility index (Phi) is 7.06. The van der Waals surface area contributed by atoms with E-state index in [1.54, 1.807) is 30.1 Å². The molecular weight excluding hydrogens is 306 g/mol. The number of nitrogens with zero attached hydrogens (tertiary/aromatic N) is 2. The fourth-order valence-electron chi connectivity index (χ4n) is 2.91. The van der Waals surface area contributed by atoms with Crippen LogP contribution in [0.15, 0.2) is 35.0 Å². The number of hydrogen-bond acceptors (Lipinski definition) is 4. The average molecular weight is 333 g/mol. The number of ether oxygens (including phenoxy) is 1. The summed E-state index contributed by atoms with van der Waals surface area (Å²) in [6.07, 6.45) is 6.70. The van der Waals surface area contributed by atoms with Crippen molar-refractivity contribution in [3.8, 4) is 0 Å². The van der Waals surface area contributed by atoms with Gasteiger partial charge in [0.15, 0.2) is 5.76 Å². The summed E-state index contributed by atoms with van der Waals surface area (Å²) in [4.78, 5) is 12.2. The first-order chi connectivity index (χ1) is 11.7. The van der Waals surface area contributed by atoms with Crippen LogP contribution in [0.3, 0.4) is 0 Å². The van der Waals surface area contributed by atoms with Crippen molar-refractivity contribution in [1.29, 1.82) is 0 Å². The van der Waals surface area contributed by atoms with Crippen molar-refractivity contribution in [2.75, 3.05) is 13.7 Å². The highest BCUT2D eigenvalue weighted by Crippen LogP contribution is 2.18. The number of amides is 1. The Morgan fingerprint density at radius 1 is 1.38 bits per heavy atom. The average Bonchev–Trinajstić information content (AvgIpc) is 3.26. The van der Waals surface area contributed by atoms with Crippen LogP contribution in [0.4, 0.5) is 0 Å². The number of furan rings is 1. The lowest BCUT2D eigenvalue weighted by atomic mass is 9.94. The Balaban J connectivity index is 1.81. The second kappa shape index (κ2) is 9.27. The van der Waals surface area contributed by atoms with Crippen molar-refractivity contribution in [3.05, 3.63) is 42.1 Å². The van der Waals surface area contributed by atoms with Gasteiger partial charge in [-0.1, -0.05) is 26.7 Å². The highest BCUT2D eigenvalue weighted by atomic mass is 16.5. The zero-order chi connectivity index (χ0) is 17.4. The van der Waals surface area contributed by atoms with E-state index in [0.717, 1.165) is 19.3 Å². The van der Waals surface area contributed by atoms with Crippen LogP contribution in [0.25, 0.3) is 0 Å². The van der Waals surface area contributed by atoms with Crippen LogP contribution < -0.4 is 5.32 Å². The standard InChI is InChI=1S/C18H27N3O3/c1-4-14(5-2)16(23-3)9-11-19-18(22)17-8-7-15(24-17)13-21-12-6-10-20-21/h6-8,10,12,14,16H,4-5,9,11,13H2,1-3H3,(H,19,22). The molecule has 132 valence electrons. The maximum atomic E-state index is 12.2. The summed E-state index contributed by atoms with van der Waals surface area (Å²) in [5.74, 6) is 1.36. The largest absolute Gasteiger partial charge is 0.454 e. The van der Waals surface area contributed by atoms with Gasteiger partial charge in [0.2, 0.25) is 0 Å². The fraction of sp³-hybridized carbons (Fsp3) is 0.556. The predicted molar refractivity (Wildman–Crippen MR) is 91.9 cm³/mol. The molecule has 0 radical (unpaired) electrons. The lowest BCUT2D eigenvalue weighted by Gasteiger charge is -2.23. The molecule has 0 aliphatic rings. The second-order valence-electron chi connectivity index (χ2n) is 5.86. The SMILES string of the molecule is CCC(CC)C(CCNC(=O)c1ccc(Cn2cccn2)o1)OC. The van der Waals surface area contributed by atoms with Crippen LogP contribution in [-0.2, 0) is 11.3 Å². The van der Waals surface area contributed by atoms with Gasteiger partial charge in [-0.15, -0.1) is 0 Å². The van der Waals surface area contributed by atoms with Crippen LogP contribution in [0.1, 0.15) is 49.4 Å². The van der Waals surface area contributed by atoms with E-state index >= 15 is 0 Å². The van der Waals surface area contributed by atoms with E-state index in [-0.39, 0.29) is 12.0 Å². The molecule has 0 spiro atoms. The molecule has 6 heteroatoms. The molecule has 0 aliphatic heterocycles. The maximum Gasteiger partial charge on any atom is 0.286 e. The predicted octanol–water partition coefficient (Wildman–Crippen LogP) is 3.10. The van der Waals surface area contributed by atoms with Crippen LogP contribution in [0, 0.1) is 5.92 Å². The monoisotopic (exact) mass is 333 g/mol. The van der Waals surface area contributed by atoms with Crippen molar-refractivity contribution >= 4 is 5.91 Å². The molecule has 2 heterocycles. The normalized spacial score (nSPS) is 12.5. The summed E-state index contributed by atoms with van der Waals surface area (Å²) in [6, 6.07) is 5.35. The Morgan fingerprint density at radius 3 is 2.79 bits per heavy atom. The van der Waals surface area contributed by atoms with E-state index in [4.69, 9.17) is 9.15 Å². The molecule has 0 aliphatic carbocycles. The van der Waals surface area contributed by atoms with Crippen molar-refractivity contribution in [3.63, 3.8) is 0 Å². The van der Waals surface area contributed by atoms with Gasteiger partial charge in [-0.3, -0.25) is 9.48 Å². The highest BCUT2D eigenvalue weighted by molar-refractivity contribution is 5.91. The molecule has 24 heavy (non-hydrogen) atoms. The van der Waals surface area contributed by atoms with Gasteiger partial charge in [-0.2, -0.15) is 5.10 Å². The third-order valence-electron chi connectivity index (χ3n) is 4.35. The number of rotatable bonds is 10. The Bertz CT molecular complexity index is 603. The topological polar surface area (TPSA) is 69.3 Å². The summed E-state index contributed by atoms with van der Waals surface area (Å²) in [5, 5.41) is 7.02. The van der Waals surface area contributed by atoms with Gasteiger partial charge in [0.1, 0.15) is 5.76 Å². The Hall–Kier alpha value is -2.08. The first-order valence-corrected chi connectivity index (χ1v) is 8.55. The zero-order valence-electron chi connectivity index (χ0n) is 14.7. The van der Waals surface area contributed by atoms with Crippen molar-refractivity contribution < 1.29 is 13.9 Å².